The van der Waals surface area contributed by atoms with Gasteiger partial charge in [-0.3, -0.25) is 14.4 Å². The van der Waals surface area contributed by atoms with Gasteiger partial charge in [-0.2, -0.15) is 0 Å². The predicted octanol–water partition coefficient (Wildman–Crippen LogP) is 2.11. The van der Waals surface area contributed by atoms with Crippen LogP contribution in [0.15, 0.2) is 0 Å². The summed E-state index contributed by atoms with van der Waals surface area (Å²) in [6.07, 6.45) is 4.63. The van der Waals surface area contributed by atoms with Crippen LogP contribution in [-0.4, -0.2) is 57.7 Å². The van der Waals surface area contributed by atoms with Crippen LogP contribution in [-0.2, 0) is 14.4 Å². The average molecular weight is 393 g/mol. The Bertz CT molecular complexity index is 444. The lowest BCUT2D eigenvalue weighted by Gasteiger charge is -2.18. The molecule has 1 amide bonds. The second-order valence-electron chi connectivity index (χ2n) is 6.27. The number of rotatable bonds is 13. The van der Waals surface area contributed by atoms with Gasteiger partial charge in [-0.1, -0.05) is 28.0 Å². The summed E-state index contributed by atoms with van der Waals surface area (Å²) in [7, 11) is 3.88. The van der Waals surface area contributed by atoms with Crippen molar-refractivity contribution < 1.29 is 24.6 Å². The molecule has 144 valence electrons. The van der Waals surface area contributed by atoms with E-state index in [1.54, 1.807) is 6.92 Å². The Morgan fingerprint density at radius 3 is 2.56 bits per heavy atom. The van der Waals surface area contributed by atoms with Crippen molar-refractivity contribution in [2.45, 2.75) is 69.2 Å². The minimum absolute atomic E-state index is 0.0167. The monoisotopic (exact) mass is 392 g/mol. The van der Waals surface area contributed by atoms with Crippen LogP contribution in [0.2, 0.25) is 0 Å². The molecule has 0 radical (unpaired) electrons. The third kappa shape index (κ3) is 10.6. The number of hydrogen-bond donors (Lipinski definition) is 4. The van der Waals surface area contributed by atoms with E-state index in [0.29, 0.717) is 6.42 Å². The van der Waals surface area contributed by atoms with E-state index in [1.807, 2.05) is 21.6 Å². The maximum Gasteiger partial charge on any atom is 0.320 e. The summed E-state index contributed by atoms with van der Waals surface area (Å²) in [5.41, 5.74) is 0. The lowest BCUT2D eigenvalue weighted by atomic mass is 10.1. The van der Waals surface area contributed by atoms with E-state index in [-0.39, 0.29) is 31.3 Å². The number of hydrogen-bond acceptors (Lipinski definition) is 6. The molecule has 0 aliphatic carbocycles. The van der Waals surface area contributed by atoms with Gasteiger partial charge in [0.2, 0.25) is 5.91 Å². The number of carboxylic acid groups (broad SMARTS) is 2. The normalized spacial score (nSPS) is 19.3. The van der Waals surface area contributed by atoms with Gasteiger partial charge in [0.25, 0.3) is 0 Å². The van der Waals surface area contributed by atoms with Crippen molar-refractivity contribution in [3.63, 3.8) is 0 Å². The Morgan fingerprint density at radius 2 is 1.96 bits per heavy atom. The van der Waals surface area contributed by atoms with E-state index in [2.05, 4.69) is 10.6 Å². The van der Waals surface area contributed by atoms with Crippen LogP contribution in [0.25, 0.3) is 0 Å². The second-order valence-corrected chi connectivity index (χ2v) is 9.06. The van der Waals surface area contributed by atoms with Crippen molar-refractivity contribution in [1.29, 1.82) is 0 Å². The molecule has 1 fully saturated rings. The Kier molecular flexibility index (Phi) is 11.0. The van der Waals surface area contributed by atoms with E-state index in [1.165, 1.54) is 12.2 Å². The first-order valence-corrected chi connectivity index (χ1v) is 11.0. The van der Waals surface area contributed by atoms with Crippen LogP contribution in [0.3, 0.4) is 0 Å². The Hall–Kier alpha value is -0.930. The van der Waals surface area contributed by atoms with Gasteiger partial charge in [0, 0.05) is 36.4 Å². The minimum Gasteiger partial charge on any atom is -0.481 e. The molecule has 4 N–H and O–H groups in total. The largest absolute Gasteiger partial charge is 0.481 e. The zero-order chi connectivity index (χ0) is 18.7. The van der Waals surface area contributed by atoms with Gasteiger partial charge < -0.3 is 20.8 Å². The summed E-state index contributed by atoms with van der Waals surface area (Å²) in [4.78, 5) is 33.5. The summed E-state index contributed by atoms with van der Waals surface area (Å²) in [6, 6.07) is -1.13. The highest BCUT2D eigenvalue weighted by Gasteiger charge is 2.19. The highest BCUT2D eigenvalue weighted by Crippen LogP contribution is 2.39. The van der Waals surface area contributed by atoms with Crippen molar-refractivity contribution in [3.8, 4) is 0 Å². The van der Waals surface area contributed by atoms with Crippen LogP contribution in [0.1, 0.15) is 51.9 Å². The van der Waals surface area contributed by atoms with E-state index < -0.39 is 18.0 Å². The number of aliphatic carboxylic acids is 2. The fourth-order valence-corrected chi connectivity index (χ4v) is 5.55. The molecule has 1 heterocycles. The molecule has 0 aromatic heterocycles. The van der Waals surface area contributed by atoms with Gasteiger partial charge in [-0.15, -0.1) is 0 Å². The van der Waals surface area contributed by atoms with Crippen LogP contribution >= 0.6 is 21.6 Å². The van der Waals surface area contributed by atoms with E-state index in [0.717, 1.165) is 24.5 Å². The molecule has 0 spiro atoms. The Labute approximate surface area is 156 Å². The number of carboxylic acids is 2. The van der Waals surface area contributed by atoms with Crippen LogP contribution in [0.4, 0.5) is 0 Å². The van der Waals surface area contributed by atoms with Gasteiger partial charge in [-0.25, -0.2) is 0 Å². The average Bonchev–Trinajstić information content (AvgIpc) is 3.04. The molecule has 1 aliphatic heterocycles. The topological polar surface area (TPSA) is 116 Å². The lowest BCUT2D eigenvalue weighted by molar-refractivity contribution is -0.140. The molecule has 1 saturated heterocycles. The summed E-state index contributed by atoms with van der Waals surface area (Å²) in [5.74, 6) is -0.906. The van der Waals surface area contributed by atoms with Crippen molar-refractivity contribution in [1.82, 2.24) is 10.6 Å². The molecule has 25 heavy (non-hydrogen) atoms. The first kappa shape index (κ1) is 22.1. The molecule has 7 nitrogen and oxygen atoms in total. The van der Waals surface area contributed by atoms with Gasteiger partial charge in [0.05, 0.1) is 0 Å². The van der Waals surface area contributed by atoms with Crippen LogP contribution in [0, 0.1) is 0 Å². The van der Waals surface area contributed by atoms with Crippen LogP contribution < -0.4 is 10.6 Å². The molecule has 0 saturated carbocycles. The van der Waals surface area contributed by atoms with Crippen molar-refractivity contribution in [2.75, 3.05) is 12.3 Å². The number of carbonyl (C=O) groups is 3. The molecule has 9 heteroatoms. The van der Waals surface area contributed by atoms with E-state index in [9.17, 15) is 14.4 Å². The van der Waals surface area contributed by atoms with Gasteiger partial charge in [-0.05, 0) is 32.6 Å². The fraction of sp³-hybridized carbons (Fsp3) is 0.812. The second kappa shape index (κ2) is 12.4. The molecule has 0 bridgehead atoms. The number of nitrogens with one attached hydrogen (secondary N) is 2. The maximum atomic E-state index is 11.9. The molecule has 0 aromatic rings. The SMILES string of the molecule is CC(CNC(CCC(=O)O)C(=O)O)NC(=O)CCCCC1CCSS1. The van der Waals surface area contributed by atoms with Gasteiger partial charge >= 0.3 is 11.9 Å². The first-order valence-electron chi connectivity index (χ1n) is 8.64. The van der Waals surface area contributed by atoms with Crippen LogP contribution in [0.5, 0.6) is 0 Å². The summed E-state index contributed by atoms with van der Waals surface area (Å²) < 4.78 is 0. The van der Waals surface area contributed by atoms with Crippen molar-refractivity contribution >= 4 is 39.4 Å². The zero-order valence-corrected chi connectivity index (χ0v) is 16.2. The van der Waals surface area contributed by atoms with Gasteiger partial charge in [0.15, 0.2) is 0 Å². The Morgan fingerprint density at radius 1 is 1.20 bits per heavy atom. The van der Waals surface area contributed by atoms with Gasteiger partial charge in [0.1, 0.15) is 6.04 Å². The van der Waals surface area contributed by atoms with E-state index >= 15 is 0 Å². The molecular formula is C16H28N2O5S2. The third-order valence-electron chi connectivity index (χ3n) is 3.93. The summed E-state index contributed by atoms with van der Waals surface area (Å²) in [5, 5.41) is 24.1. The molecule has 3 atom stereocenters. The number of carbonyl (C=O) groups excluding carboxylic acids is 1. The highest BCUT2D eigenvalue weighted by atomic mass is 33.1. The zero-order valence-electron chi connectivity index (χ0n) is 14.5. The molecule has 1 aliphatic rings. The Balaban J connectivity index is 2.13. The standard InChI is InChI=1S/C16H28N2O5S2/c1-11(10-17-13(16(22)23)6-7-15(20)21)18-14(19)5-3-2-4-12-8-9-24-25-12/h11-13,17H,2-10H2,1H3,(H,18,19)(H,20,21)(H,22,23). The van der Waals surface area contributed by atoms with Crippen molar-refractivity contribution in [3.05, 3.63) is 0 Å². The quantitative estimate of drug-likeness (QED) is 0.278. The molecule has 0 aromatic carbocycles. The number of amides is 1. The smallest absolute Gasteiger partial charge is 0.320 e. The maximum absolute atomic E-state index is 11.9. The lowest BCUT2D eigenvalue weighted by Crippen LogP contribution is -2.46. The van der Waals surface area contributed by atoms with Crippen molar-refractivity contribution in [2.24, 2.45) is 0 Å². The molecular weight excluding hydrogens is 364 g/mol. The summed E-state index contributed by atoms with van der Waals surface area (Å²) in [6.45, 7) is 2.09. The third-order valence-corrected chi connectivity index (χ3v) is 6.94. The molecule has 3 unspecified atom stereocenters. The number of unbranched alkanes of at least 4 members (excludes halogenated alkanes) is 1. The first-order chi connectivity index (χ1) is 11.9. The minimum atomic E-state index is -1.08. The highest BCUT2D eigenvalue weighted by molar-refractivity contribution is 8.77. The summed E-state index contributed by atoms with van der Waals surface area (Å²) >= 11 is 0. The molecule has 1 rings (SSSR count). The fourth-order valence-electron chi connectivity index (χ4n) is 2.52. The predicted molar refractivity (Wildman–Crippen MR) is 101 cm³/mol. The van der Waals surface area contributed by atoms with E-state index in [4.69, 9.17) is 10.2 Å².